The first-order chi connectivity index (χ1) is 10.0. The lowest BCUT2D eigenvalue weighted by Crippen LogP contribution is -2.34. The number of hydrogen-bond acceptors (Lipinski definition) is 4. The van der Waals surface area contributed by atoms with Crippen LogP contribution in [0.25, 0.3) is 0 Å². The van der Waals surface area contributed by atoms with Gasteiger partial charge in [-0.05, 0) is 36.8 Å². The quantitative estimate of drug-likeness (QED) is 0.755. The lowest BCUT2D eigenvalue weighted by Gasteiger charge is -2.21. The van der Waals surface area contributed by atoms with Crippen LogP contribution in [0.4, 0.5) is 0 Å². The standard InChI is InChI=1S/C16H20N2O3/c1-16(20,14-4-3-9-21-14)11-18-10-12-5-7-13(8-6-12)15(19)17-2/h3-9,18,20H,10-11H2,1-2H3,(H,17,19). The largest absolute Gasteiger partial charge is 0.466 e. The zero-order valence-electron chi connectivity index (χ0n) is 12.2. The molecule has 0 aliphatic carbocycles. The van der Waals surface area contributed by atoms with Crippen LogP contribution in [-0.2, 0) is 12.1 Å². The molecule has 21 heavy (non-hydrogen) atoms. The van der Waals surface area contributed by atoms with Gasteiger partial charge in [0.05, 0.1) is 6.26 Å². The Kier molecular flexibility index (Phi) is 4.77. The van der Waals surface area contributed by atoms with Gasteiger partial charge in [-0.25, -0.2) is 0 Å². The minimum atomic E-state index is -1.05. The SMILES string of the molecule is CNC(=O)c1ccc(CNCC(C)(O)c2ccco2)cc1. The van der Waals surface area contributed by atoms with E-state index in [1.165, 1.54) is 0 Å². The number of hydrogen-bond donors (Lipinski definition) is 3. The van der Waals surface area contributed by atoms with Gasteiger partial charge < -0.3 is 20.2 Å². The average molecular weight is 288 g/mol. The van der Waals surface area contributed by atoms with Crippen molar-refractivity contribution in [3.05, 3.63) is 59.5 Å². The number of benzene rings is 1. The van der Waals surface area contributed by atoms with Crippen LogP contribution in [0.2, 0.25) is 0 Å². The van der Waals surface area contributed by atoms with E-state index in [0.29, 0.717) is 24.4 Å². The molecule has 0 fully saturated rings. The second kappa shape index (κ2) is 6.56. The Morgan fingerprint density at radius 2 is 2.00 bits per heavy atom. The van der Waals surface area contributed by atoms with Gasteiger partial charge in [0.15, 0.2) is 0 Å². The van der Waals surface area contributed by atoms with Crippen molar-refractivity contribution in [1.29, 1.82) is 0 Å². The van der Waals surface area contributed by atoms with Gasteiger partial charge in [0.1, 0.15) is 11.4 Å². The molecular formula is C16H20N2O3. The maximum Gasteiger partial charge on any atom is 0.251 e. The molecule has 0 radical (unpaired) electrons. The van der Waals surface area contributed by atoms with Gasteiger partial charge in [-0.2, -0.15) is 0 Å². The Morgan fingerprint density at radius 3 is 2.57 bits per heavy atom. The Hall–Kier alpha value is -2.11. The second-order valence-corrected chi connectivity index (χ2v) is 5.13. The number of rotatable bonds is 6. The summed E-state index contributed by atoms with van der Waals surface area (Å²) in [6, 6.07) is 10.8. The van der Waals surface area contributed by atoms with E-state index < -0.39 is 5.60 Å². The summed E-state index contributed by atoms with van der Waals surface area (Å²) in [4.78, 5) is 11.4. The molecule has 2 aromatic rings. The zero-order chi connectivity index (χ0) is 15.3. The molecule has 0 spiro atoms. The van der Waals surface area contributed by atoms with E-state index >= 15 is 0 Å². The molecule has 5 heteroatoms. The van der Waals surface area contributed by atoms with Gasteiger partial charge in [-0.3, -0.25) is 4.79 Å². The molecule has 2 rings (SSSR count). The van der Waals surface area contributed by atoms with Crippen LogP contribution in [0.1, 0.15) is 28.6 Å². The van der Waals surface area contributed by atoms with E-state index in [0.717, 1.165) is 5.56 Å². The summed E-state index contributed by atoms with van der Waals surface area (Å²) >= 11 is 0. The lowest BCUT2D eigenvalue weighted by molar-refractivity contribution is 0.0340. The van der Waals surface area contributed by atoms with Gasteiger partial charge in [-0.15, -0.1) is 0 Å². The molecule has 0 saturated carbocycles. The fraction of sp³-hybridized carbons (Fsp3) is 0.312. The molecule has 1 aromatic heterocycles. The van der Waals surface area contributed by atoms with Gasteiger partial charge in [0.25, 0.3) is 5.91 Å². The highest BCUT2D eigenvalue weighted by Gasteiger charge is 2.25. The van der Waals surface area contributed by atoms with Crippen LogP contribution in [0, 0.1) is 0 Å². The molecule has 5 nitrogen and oxygen atoms in total. The van der Waals surface area contributed by atoms with Crippen molar-refractivity contribution >= 4 is 5.91 Å². The van der Waals surface area contributed by atoms with Gasteiger partial charge in [0.2, 0.25) is 0 Å². The summed E-state index contributed by atoms with van der Waals surface area (Å²) in [7, 11) is 1.61. The lowest BCUT2D eigenvalue weighted by atomic mass is 10.0. The van der Waals surface area contributed by atoms with E-state index in [4.69, 9.17) is 4.42 Å². The third-order valence-corrected chi connectivity index (χ3v) is 3.29. The smallest absolute Gasteiger partial charge is 0.251 e. The van der Waals surface area contributed by atoms with E-state index in [-0.39, 0.29) is 5.91 Å². The number of aliphatic hydroxyl groups is 1. The highest BCUT2D eigenvalue weighted by Crippen LogP contribution is 2.19. The number of nitrogens with one attached hydrogen (secondary N) is 2. The van der Waals surface area contributed by atoms with E-state index in [2.05, 4.69) is 10.6 Å². The summed E-state index contributed by atoms with van der Waals surface area (Å²) in [5, 5.41) is 16.1. The van der Waals surface area contributed by atoms with E-state index in [9.17, 15) is 9.90 Å². The van der Waals surface area contributed by atoms with Crippen LogP contribution in [0.3, 0.4) is 0 Å². The minimum absolute atomic E-state index is 0.102. The first-order valence-corrected chi connectivity index (χ1v) is 6.81. The van der Waals surface area contributed by atoms with E-state index in [1.54, 1.807) is 44.5 Å². The summed E-state index contributed by atoms with van der Waals surface area (Å²) in [5.74, 6) is 0.431. The molecule has 112 valence electrons. The molecule has 1 unspecified atom stereocenters. The number of carbonyl (C=O) groups is 1. The van der Waals surface area contributed by atoms with Crippen LogP contribution >= 0.6 is 0 Å². The second-order valence-electron chi connectivity index (χ2n) is 5.13. The number of amides is 1. The number of carbonyl (C=O) groups excluding carboxylic acids is 1. The molecule has 3 N–H and O–H groups in total. The molecule has 1 heterocycles. The maximum absolute atomic E-state index is 11.4. The van der Waals surface area contributed by atoms with Crippen LogP contribution in [-0.4, -0.2) is 24.6 Å². The summed E-state index contributed by atoms with van der Waals surface area (Å²) < 4.78 is 5.22. The summed E-state index contributed by atoms with van der Waals surface area (Å²) in [5.41, 5.74) is 0.618. The fourth-order valence-electron chi connectivity index (χ4n) is 2.04. The fourth-order valence-corrected chi connectivity index (χ4v) is 2.04. The molecular weight excluding hydrogens is 268 g/mol. The highest BCUT2D eigenvalue weighted by molar-refractivity contribution is 5.93. The van der Waals surface area contributed by atoms with Crippen molar-refractivity contribution in [3.8, 4) is 0 Å². The monoisotopic (exact) mass is 288 g/mol. The van der Waals surface area contributed by atoms with Gasteiger partial charge in [-0.1, -0.05) is 12.1 Å². The Labute approximate surface area is 124 Å². The molecule has 0 aliphatic heterocycles. The van der Waals surface area contributed by atoms with E-state index in [1.807, 2.05) is 12.1 Å². The Bertz CT molecular complexity index is 574. The Balaban J connectivity index is 1.87. The van der Waals surface area contributed by atoms with Crippen LogP contribution < -0.4 is 10.6 Å². The van der Waals surface area contributed by atoms with Crippen molar-refractivity contribution in [1.82, 2.24) is 10.6 Å². The molecule has 1 aromatic carbocycles. The van der Waals surface area contributed by atoms with Crippen molar-refractivity contribution in [3.63, 3.8) is 0 Å². The van der Waals surface area contributed by atoms with Crippen molar-refractivity contribution in [2.24, 2.45) is 0 Å². The third kappa shape index (κ3) is 3.93. The molecule has 0 saturated heterocycles. The van der Waals surface area contributed by atoms with Crippen molar-refractivity contribution < 1.29 is 14.3 Å². The maximum atomic E-state index is 11.4. The predicted octanol–water partition coefficient (Wildman–Crippen LogP) is 1.64. The summed E-state index contributed by atoms with van der Waals surface area (Å²) in [6.45, 7) is 2.68. The predicted molar refractivity (Wildman–Crippen MR) is 79.8 cm³/mol. The third-order valence-electron chi connectivity index (χ3n) is 3.29. The first kappa shape index (κ1) is 15.3. The van der Waals surface area contributed by atoms with Gasteiger partial charge in [0, 0.05) is 25.7 Å². The average Bonchev–Trinajstić information content (AvgIpc) is 3.02. The molecule has 1 atom stereocenters. The van der Waals surface area contributed by atoms with Crippen molar-refractivity contribution in [2.45, 2.75) is 19.1 Å². The summed E-state index contributed by atoms with van der Waals surface area (Å²) in [6.07, 6.45) is 1.54. The van der Waals surface area contributed by atoms with Crippen molar-refractivity contribution in [2.75, 3.05) is 13.6 Å². The first-order valence-electron chi connectivity index (χ1n) is 6.81. The molecule has 1 amide bonds. The normalized spacial score (nSPS) is 13.7. The highest BCUT2D eigenvalue weighted by atomic mass is 16.4. The Morgan fingerprint density at radius 1 is 1.29 bits per heavy atom. The number of furan rings is 1. The van der Waals surface area contributed by atoms with Gasteiger partial charge >= 0.3 is 0 Å². The topological polar surface area (TPSA) is 74.5 Å². The van der Waals surface area contributed by atoms with Crippen LogP contribution in [0.5, 0.6) is 0 Å². The molecule has 0 aliphatic rings. The van der Waals surface area contributed by atoms with Crippen LogP contribution in [0.15, 0.2) is 47.1 Å². The molecule has 0 bridgehead atoms. The zero-order valence-corrected chi connectivity index (χ0v) is 12.2. The minimum Gasteiger partial charge on any atom is -0.466 e.